The molecule has 2 rings (SSSR count). The van der Waals surface area contributed by atoms with Crippen LogP contribution in [0.15, 0.2) is 30.3 Å². The van der Waals surface area contributed by atoms with Crippen LogP contribution in [0.1, 0.15) is 5.56 Å². The van der Waals surface area contributed by atoms with Crippen molar-refractivity contribution in [1.29, 1.82) is 5.26 Å². The van der Waals surface area contributed by atoms with Gasteiger partial charge < -0.3 is 5.32 Å². The fraction of sp³-hybridized carbons (Fsp3) is 0. The van der Waals surface area contributed by atoms with Crippen molar-refractivity contribution in [3.63, 3.8) is 0 Å². The summed E-state index contributed by atoms with van der Waals surface area (Å²) in [6.07, 6.45) is 0. The minimum absolute atomic E-state index is 0.238. The van der Waals surface area contributed by atoms with E-state index in [9.17, 15) is 0 Å². The van der Waals surface area contributed by atoms with Crippen LogP contribution < -0.4 is 5.32 Å². The van der Waals surface area contributed by atoms with Crippen molar-refractivity contribution < 1.29 is 0 Å². The number of nitrogens with one attached hydrogen (secondary N) is 1. The number of aromatic nitrogens is 1. The van der Waals surface area contributed by atoms with E-state index < -0.39 is 0 Å². The molecule has 0 fully saturated rings. The van der Waals surface area contributed by atoms with Gasteiger partial charge in [0.25, 0.3) is 0 Å². The highest BCUT2D eigenvalue weighted by atomic mass is 35.5. The van der Waals surface area contributed by atoms with E-state index in [-0.39, 0.29) is 5.15 Å². The van der Waals surface area contributed by atoms with Gasteiger partial charge in [0, 0.05) is 5.02 Å². The monoisotopic (exact) mass is 297 g/mol. The number of pyridine rings is 1. The highest BCUT2D eigenvalue weighted by molar-refractivity contribution is 6.36. The second-order valence-electron chi connectivity index (χ2n) is 3.42. The molecule has 90 valence electrons. The van der Waals surface area contributed by atoms with Crippen LogP contribution in [0.5, 0.6) is 0 Å². The first kappa shape index (κ1) is 13.0. The molecular formula is C12H6Cl3N3. The third kappa shape index (κ3) is 3.05. The van der Waals surface area contributed by atoms with Crippen LogP contribution in [0.3, 0.4) is 0 Å². The molecule has 0 amide bonds. The van der Waals surface area contributed by atoms with Crippen molar-refractivity contribution >= 4 is 46.3 Å². The summed E-state index contributed by atoms with van der Waals surface area (Å²) in [5.41, 5.74) is 1.06. The maximum atomic E-state index is 8.84. The molecule has 18 heavy (non-hydrogen) atoms. The van der Waals surface area contributed by atoms with Gasteiger partial charge in [-0.25, -0.2) is 4.98 Å². The average Bonchev–Trinajstić information content (AvgIpc) is 2.32. The molecule has 2 aromatic rings. The lowest BCUT2D eigenvalue weighted by molar-refractivity contribution is 1.29. The number of nitriles is 1. The van der Waals surface area contributed by atoms with Gasteiger partial charge in [0.05, 0.1) is 22.3 Å². The van der Waals surface area contributed by atoms with Crippen LogP contribution in [0.4, 0.5) is 11.5 Å². The van der Waals surface area contributed by atoms with E-state index >= 15 is 0 Å². The van der Waals surface area contributed by atoms with Crippen molar-refractivity contribution in [2.45, 2.75) is 0 Å². The zero-order valence-corrected chi connectivity index (χ0v) is 11.2. The van der Waals surface area contributed by atoms with Gasteiger partial charge in [-0.2, -0.15) is 5.26 Å². The molecular weight excluding hydrogens is 293 g/mol. The minimum atomic E-state index is 0.238. The molecule has 0 radical (unpaired) electrons. The first-order valence-corrected chi connectivity index (χ1v) is 6.01. The molecule has 6 heteroatoms. The SMILES string of the molecule is N#Cc1cc(Cl)nc(Nc2ccc(Cl)cc2Cl)c1. The summed E-state index contributed by atoms with van der Waals surface area (Å²) in [4.78, 5) is 4.05. The summed E-state index contributed by atoms with van der Waals surface area (Å²) in [6.45, 7) is 0. The third-order valence-corrected chi connectivity index (χ3v) is 2.86. The summed E-state index contributed by atoms with van der Waals surface area (Å²) in [6, 6.07) is 10.1. The smallest absolute Gasteiger partial charge is 0.133 e. The van der Waals surface area contributed by atoms with Crippen molar-refractivity contribution in [2.24, 2.45) is 0 Å². The number of halogens is 3. The molecule has 0 atom stereocenters. The zero-order chi connectivity index (χ0) is 13.1. The lowest BCUT2D eigenvalue weighted by atomic mass is 10.2. The van der Waals surface area contributed by atoms with Crippen LogP contribution in [0.25, 0.3) is 0 Å². The Morgan fingerprint density at radius 2 is 1.89 bits per heavy atom. The normalized spacial score (nSPS) is 9.89. The van der Waals surface area contributed by atoms with E-state index in [4.69, 9.17) is 40.1 Å². The molecule has 0 saturated carbocycles. The van der Waals surface area contributed by atoms with E-state index in [1.165, 1.54) is 6.07 Å². The molecule has 0 aliphatic carbocycles. The molecule has 1 aromatic carbocycles. The van der Waals surface area contributed by atoms with Gasteiger partial charge >= 0.3 is 0 Å². The molecule has 0 unspecified atom stereocenters. The highest BCUT2D eigenvalue weighted by Crippen LogP contribution is 2.28. The predicted molar refractivity (Wildman–Crippen MR) is 73.7 cm³/mol. The standard InChI is InChI=1S/C12H6Cl3N3/c13-8-1-2-10(9(14)5-8)17-12-4-7(6-16)3-11(15)18-12/h1-5H,(H,17,18). The molecule has 1 heterocycles. The summed E-state index contributed by atoms with van der Waals surface area (Å²) in [5.74, 6) is 0.447. The third-order valence-electron chi connectivity index (χ3n) is 2.12. The Hall–Kier alpha value is -1.47. The van der Waals surface area contributed by atoms with Crippen molar-refractivity contribution in [1.82, 2.24) is 4.98 Å². The lowest BCUT2D eigenvalue weighted by Crippen LogP contribution is -1.95. The summed E-state index contributed by atoms with van der Waals surface area (Å²) < 4.78 is 0. The second-order valence-corrected chi connectivity index (χ2v) is 4.66. The Kier molecular flexibility index (Phi) is 3.93. The summed E-state index contributed by atoms with van der Waals surface area (Å²) in [7, 11) is 0. The van der Waals surface area contributed by atoms with Crippen LogP contribution in [0, 0.1) is 11.3 Å². The quantitative estimate of drug-likeness (QED) is 0.820. The van der Waals surface area contributed by atoms with Gasteiger partial charge in [0.1, 0.15) is 11.0 Å². The summed E-state index contributed by atoms with van der Waals surface area (Å²) in [5, 5.41) is 13.1. The van der Waals surface area contributed by atoms with Crippen molar-refractivity contribution in [3.8, 4) is 6.07 Å². The van der Waals surface area contributed by atoms with Crippen LogP contribution in [0.2, 0.25) is 15.2 Å². The lowest BCUT2D eigenvalue weighted by Gasteiger charge is -2.08. The van der Waals surface area contributed by atoms with E-state index in [1.54, 1.807) is 24.3 Å². The average molecular weight is 299 g/mol. The maximum Gasteiger partial charge on any atom is 0.133 e. The Labute approximate surface area is 119 Å². The van der Waals surface area contributed by atoms with Gasteiger partial charge in [-0.15, -0.1) is 0 Å². The number of hydrogen-bond donors (Lipinski definition) is 1. The zero-order valence-electron chi connectivity index (χ0n) is 8.92. The van der Waals surface area contributed by atoms with E-state index in [0.29, 0.717) is 27.1 Å². The van der Waals surface area contributed by atoms with Crippen LogP contribution in [-0.4, -0.2) is 4.98 Å². The Morgan fingerprint density at radius 1 is 1.11 bits per heavy atom. The second kappa shape index (κ2) is 5.45. The Morgan fingerprint density at radius 3 is 2.56 bits per heavy atom. The summed E-state index contributed by atoms with van der Waals surface area (Å²) >= 11 is 17.6. The van der Waals surface area contributed by atoms with E-state index in [2.05, 4.69) is 10.3 Å². The Balaban J connectivity index is 2.34. The number of nitrogens with zero attached hydrogens (tertiary/aromatic N) is 2. The molecule has 3 nitrogen and oxygen atoms in total. The van der Waals surface area contributed by atoms with E-state index in [0.717, 1.165) is 0 Å². The number of benzene rings is 1. The predicted octanol–water partition coefficient (Wildman–Crippen LogP) is 4.66. The molecule has 0 spiro atoms. The van der Waals surface area contributed by atoms with Gasteiger partial charge in [0.15, 0.2) is 0 Å². The number of hydrogen-bond acceptors (Lipinski definition) is 3. The molecule has 0 saturated heterocycles. The molecule has 1 aromatic heterocycles. The molecule has 0 aliphatic rings. The van der Waals surface area contributed by atoms with Gasteiger partial charge in [-0.1, -0.05) is 34.8 Å². The van der Waals surface area contributed by atoms with Crippen LogP contribution in [-0.2, 0) is 0 Å². The topological polar surface area (TPSA) is 48.7 Å². The number of anilines is 2. The fourth-order valence-electron chi connectivity index (χ4n) is 1.35. The first-order chi connectivity index (χ1) is 8.58. The van der Waals surface area contributed by atoms with Gasteiger partial charge in [0.2, 0.25) is 0 Å². The van der Waals surface area contributed by atoms with Crippen molar-refractivity contribution in [3.05, 3.63) is 51.1 Å². The number of rotatable bonds is 2. The van der Waals surface area contributed by atoms with Gasteiger partial charge in [-0.05, 0) is 30.3 Å². The minimum Gasteiger partial charge on any atom is -0.339 e. The van der Waals surface area contributed by atoms with Crippen LogP contribution >= 0.6 is 34.8 Å². The largest absolute Gasteiger partial charge is 0.339 e. The first-order valence-electron chi connectivity index (χ1n) is 4.88. The Bertz CT molecular complexity index is 635. The molecule has 0 bridgehead atoms. The molecule has 0 aliphatic heterocycles. The maximum absolute atomic E-state index is 8.84. The highest BCUT2D eigenvalue weighted by Gasteiger charge is 2.05. The van der Waals surface area contributed by atoms with Gasteiger partial charge in [-0.3, -0.25) is 0 Å². The van der Waals surface area contributed by atoms with Crippen molar-refractivity contribution in [2.75, 3.05) is 5.32 Å². The molecule has 1 N–H and O–H groups in total. The van der Waals surface area contributed by atoms with E-state index in [1.807, 2.05) is 6.07 Å². The fourth-order valence-corrected chi connectivity index (χ4v) is 2.02.